The monoisotopic (exact) mass is 296 g/mol. The number of hydrogen-bond donors (Lipinski definition) is 1. The van der Waals surface area contributed by atoms with Crippen molar-refractivity contribution < 1.29 is 9.90 Å². The third-order valence-corrected chi connectivity index (χ3v) is 3.58. The van der Waals surface area contributed by atoms with Crippen LogP contribution in [0, 0.1) is 11.8 Å². The second-order valence-corrected chi connectivity index (χ2v) is 6.16. The van der Waals surface area contributed by atoms with Gasteiger partial charge in [-0.25, -0.2) is 0 Å². The Balaban J connectivity index is 2.09. The van der Waals surface area contributed by atoms with Crippen molar-refractivity contribution in [2.24, 2.45) is 0 Å². The van der Waals surface area contributed by atoms with E-state index < -0.39 is 5.60 Å². The van der Waals surface area contributed by atoms with Crippen LogP contribution in [-0.2, 0) is 0 Å². The molecule has 0 amide bonds. The normalized spacial score (nSPS) is 11.2. The first-order valence-corrected chi connectivity index (χ1v) is 7.38. The fraction of sp³-hybridized carbons (Fsp3) is 0.167. The van der Waals surface area contributed by atoms with Crippen LogP contribution in [0.2, 0.25) is 0 Å². The number of carbonyl (C=O) groups is 1. The van der Waals surface area contributed by atoms with Crippen molar-refractivity contribution in [3.8, 4) is 11.8 Å². The van der Waals surface area contributed by atoms with Crippen LogP contribution in [0.1, 0.15) is 34.0 Å². The highest BCUT2D eigenvalue weighted by molar-refractivity contribution is 7.14. The van der Waals surface area contributed by atoms with Crippen molar-refractivity contribution in [3.05, 3.63) is 63.9 Å². The molecule has 0 atom stereocenters. The molecule has 2 rings (SSSR count). The zero-order valence-corrected chi connectivity index (χ0v) is 12.8. The van der Waals surface area contributed by atoms with E-state index in [9.17, 15) is 9.90 Å². The Morgan fingerprint density at radius 1 is 1.19 bits per heavy atom. The van der Waals surface area contributed by atoms with Gasteiger partial charge in [0.25, 0.3) is 0 Å². The topological polar surface area (TPSA) is 37.3 Å². The summed E-state index contributed by atoms with van der Waals surface area (Å²) in [7, 11) is 0. The third kappa shape index (κ3) is 5.03. The molecular formula is C18H16O2S. The summed E-state index contributed by atoms with van der Waals surface area (Å²) >= 11 is 1.33. The molecule has 2 nitrogen and oxygen atoms in total. The maximum atomic E-state index is 12.1. The molecule has 1 N–H and O–H groups in total. The Morgan fingerprint density at radius 2 is 1.90 bits per heavy atom. The molecular weight excluding hydrogens is 280 g/mol. The lowest BCUT2D eigenvalue weighted by molar-refractivity contribution is 0.105. The van der Waals surface area contributed by atoms with Crippen LogP contribution in [0.4, 0.5) is 0 Å². The highest BCUT2D eigenvalue weighted by Crippen LogP contribution is 2.17. The summed E-state index contributed by atoms with van der Waals surface area (Å²) in [6.07, 6.45) is 3.36. The second-order valence-electron chi connectivity index (χ2n) is 5.08. The van der Waals surface area contributed by atoms with Crippen LogP contribution < -0.4 is 0 Å². The van der Waals surface area contributed by atoms with E-state index in [4.69, 9.17) is 0 Å². The lowest BCUT2D eigenvalue weighted by Crippen LogP contribution is -2.14. The van der Waals surface area contributed by atoms with Crippen LogP contribution in [-0.4, -0.2) is 16.5 Å². The smallest absolute Gasteiger partial charge is 0.195 e. The molecule has 1 heterocycles. The zero-order chi connectivity index (χ0) is 15.3. The molecule has 21 heavy (non-hydrogen) atoms. The maximum Gasteiger partial charge on any atom is 0.195 e. The molecule has 0 spiro atoms. The number of hydrogen-bond acceptors (Lipinski definition) is 3. The summed E-state index contributed by atoms with van der Waals surface area (Å²) in [5.74, 6) is 5.57. The van der Waals surface area contributed by atoms with Gasteiger partial charge in [0.1, 0.15) is 5.60 Å². The van der Waals surface area contributed by atoms with Crippen LogP contribution in [0.3, 0.4) is 0 Å². The van der Waals surface area contributed by atoms with E-state index in [2.05, 4.69) is 11.8 Å². The Bertz CT molecular complexity index is 707. The Hall–Kier alpha value is -2.15. The fourth-order valence-corrected chi connectivity index (χ4v) is 2.35. The standard InChI is InChI=1S/C18H16O2S/c1-18(2,20)13-12-15-9-11-17(21-15)16(19)10-8-14-6-4-3-5-7-14/h3-11,20H,1-2H3. The molecule has 106 valence electrons. The Kier molecular flexibility index (Phi) is 4.74. The molecule has 2 aromatic rings. The molecule has 0 aliphatic heterocycles. The van der Waals surface area contributed by atoms with Gasteiger partial charge in [0.15, 0.2) is 5.78 Å². The summed E-state index contributed by atoms with van der Waals surface area (Å²) in [6, 6.07) is 13.2. The number of ketones is 1. The van der Waals surface area contributed by atoms with Gasteiger partial charge in [-0.2, -0.15) is 0 Å². The van der Waals surface area contributed by atoms with Crippen molar-refractivity contribution in [1.82, 2.24) is 0 Å². The highest BCUT2D eigenvalue weighted by atomic mass is 32.1. The molecule has 1 aromatic heterocycles. The predicted octanol–water partition coefficient (Wildman–Crippen LogP) is 3.77. The molecule has 0 fully saturated rings. The van der Waals surface area contributed by atoms with E-state index in [0.29, 0.717) is 4.88 Å². The molecule has 0 unspecified atom stereocenters. The van der Waals surface area contributed by atoms with E-state index >= 15 is 0 Å². The van der Waals surface area contributed by atoms with Gasteiger partial charge >= 0.3 is 0 Å². The minimum absolute atomic E-state index is 0.0415. The minimum atomic E-state index is -1.03. The fourth-order valence-electron chi connectivity index (χ4n) is 1.57. The predicted molar refractivity (Wildman–Crippen MR) is 87.3 cm³/mol. The molecule has 3 heteroatoms. The first kappa shape index (κ1) is 15.2. The number of allylic oxidation sites excluding steroid dienone is 1. The molecule has 0 aliphatic carbocycles. The van der Waals surface area contributed by atoms with Crippen molar-refractivity contribution in [2.75, 3.05) is 0 Å². The SMILES string of the molecule is CC(C)(O)C#Cc1ccc(C(=O)C=Cc2ccccc2)s1. The van der Waals surface area contributed by atoms with E-state index in [1.54, 1.807) is 38.1 Å². The zero-order valence-electron chi connectivity index (χ0n) is 12.0. The summed E-state index contributed by atoms with van der Waals surface area (Å²) in [4.78, 5) is 13.5. The van der Waals surface area contributed by atoms with Crippen LogP contribution >= 0.6 is 11.3 Å². The molecule has 0 aliphatic rings. The number of aliphatic hydroxyl groups is 1. The number of rotatable bonds is 3. The van der Waals surface area contributed by atoms with Crippen LogP contribution in [0.15, 0.2) is 48.5 Å². The minimum Gasteiger partial charge on any atom is -0.378 e. The number of carbonyl (C=O) groups excluding carboxylic acids is 1. The lowest BCUT2D eigenvalue weighted by Gasteiger charge is -2.05. The van der Waals surface area contributed by atoms with Gasteiger partial charge in [-0.3, -0.25) is 4.79 Å². The highest BCUT2D eigenvalue weighted by Gasteiger charge is 2.08. The average Bonchev–Trinajstić information content (AvgIpc) is 2.92. The Labute approximate surface area is 128 Å². The summed E-state index contributed by atoms with van der Waals surface area (Å²) in [5.41, 5.74) is -0.0362. The molecule has 0 bridgehead atoms. The number of thiophene rings is 1. The first-order chi connectivity index (χ1) is 9.94. The molecule has 1 aromatic carbocycles. The largest absolute Gasteiger partial charge is 0.378 e. The second kappa shape index (κ2) is 6.53. The van der Waals surface area contributed by atoms with Crippen LogP contribution in [0.25, 0.3) is 6.08 Å². The van der Waals surface area contributed by atoms with Gasteiger partial charge in [0.05, 0.1) is 9.75 Å². The van der Waals surface area contributed by atoms with E-state index in [0.717, 1.165) is 10.4 Å². The first-order valence-electron chi connectivity index (χ1n) is 6.57. The van der Waals surface area contributed by atoms with Gasteiger partial charge in [-0.1, -0.05) is 48.2 Å². The maximum absolute atomic E-state index is 12.1. The van der Waals surface area contributed by atoms with Gasteiger partial charge in [-0.05, 0) is 37.6 Å². The lowest BCUT2D eigenvalue weighted by atomic mass is 10.1. The summed E-state index contributed by atoms with van der Waals surface area (Å²) < 4.78 is 0. The molecule has 0 saturated carbocycles. The van der Waals surface area contributed by atoms with Crippen molar-refractivity contribution in [1.29, 1.82) is 0 Å². The van der Waals surface area contributed by atoms with Crippen molar-refractivity contribution in [2.45, 2.75) is 19.4 Å². The van der Waals surface area contributed by atoms with Crippen molar-refractivity contribution >= 4 is 23.2 Å². The summed E-state index contributed by atoms with van der Waals surface area (Å²) in [5, 5.41) is 9.56. The Morgan fingerprint density at radius 3 is 2.57 bits per heavy atom. The number of benzene rings is 1. The molecule has 0 radical (unpaired) electrons. The van der Waals surface area contributed by atoms with Gasteiger partial charge in [0, 0.05) is 0 Å². The molecule has 0 saturated heterocycles. The third-order valence-electron chi connectivity index (χ3n) is 2.57. The summed E-state index contributed by atoms with van der Waals surface area (Å²) in [6.45, 7) is 3.25. The quantitative estimate of drug-likeness (QED) is 0.532. The van der Waals surface area contributed by atoms with Gasteiger partial charge in [-0.15, -0.1) is 11.3 Å². The van der Waals surface area contributed by atoms with E-state index in [1.165, 1.54) is 11.3 Å². The van der Waals surface area contributed by atoms with Crippen molar-refractivity contribution in [3.63, 3.8) is 0 Å². The van der Waals surface area contributed by atoms with Gasteiger partial charge in [0.2, 0.25) is 0 Å². The van der Waals surface area contributed by atoms with Crippen LogP contribution in [0.5, 0.6) is 0 Å². The average molecular weight is 296 g/mol. The van der Waals surface area contributed by atoms with E-state index in [1.807, 2.05) is 30.3 Å². The van der Waals surface area contributed by atoms with E-state index in [-0.39, 0.29) is 5.78 Å². The van der Waals surface area contributed by atoms with Gasteiger partial charge < -0.3 is 5.11 Å².